The second-order valence-electron chi connectivity index (χ2n) is 4.15. The summed E-state index contributed by atoms with van der Waals surface area (Å²) in [5.41, 5.74) is 1.01. The quantitative estimate of drug-likeness (QED) is 0.856. The summed E-state index contributed by atoms with van der Waals surface area (Å²) >= 11 is 0. The highest BCUT2D eigenvalue weighted by Gasteiger charge is 2.20. The maximum atomic E-state index is 11.8. The molecule has 1 fully saturated rings. The zero-order chi connectivity index (χ0) is 12.8. The summed E-state index contributed by atoms with van der Waals surface area (Å²) in [5, 5.41) is 6.00. The molecule has 0 saturated carbocycles. The molecule has 0 bridgehead atoms. The number of carbonyl (C=O) groups excluding carboxylic acids is 1. The molecule has 0 spiro atoms. The van der Waals surface area contributed by atoms with E-state index in [0.717, 1.165) is 17.9 Å². The topological polar surface area (TPSA) is 59.6 Å². The van der Waals surface area contributed by atoms with Crippen LogP contribution in [0.3, 0.4) is 0 Å². The van der Waals surface area contributed by atoms with Gasteiger partial charge >= 0.3 is 0 Å². The van der Waals surface area contributed by atoms with E-state index in [0.29, 0.717) is 19.8 Å². The monoisotopic (exact) mass is 286 g/mol. The van der Waals surface area contributed by atoms with Crippen molar-refractivity contribution in [1.29, 1.82) is 0 Å². The first-order valence-electron chi connectivity index (χ1n) is 6.01. The van der Waals surface area contributed by atoms with Crippen molar-refractivity contribution in [2.75, 3.05) is 26.9 Å². The lowest BCUT2D eigenvalue weighted by atomic mass is 10.2. The van der Waals surface area contributed by atoms with Gasteiger partial charge in [-0.1, -0.05) is 12.1 Å². The van der Waals surface area contributed by atoms with Gasteiger partial charge in [0.25, 0.3) is 0 Å². The number of nitrogens with one attached hydrogen (secondary N) is 2. The number of hydrogen-bond acceptors (Lipinski definition) is 4. The summed E-state index contributed by atoms with van der Waals surface area (Å²) in [7, 11) is 1.63. The fourth-order valence-corrected chi connectivity index (χ4v) is 1.83. The van der Waals surface area contributed by atoms with Crippen molar-refractivity contribution < 1.29 is 14.3 Å². The molecule has 2 rings (SSSR count). The fraction of sp³-hybridized carbons (Fsp3) is 0.462. The molecule has 1 aromatic rings. The van der Waals surface area contributed by atoms with Crippen LogP contribution in [0.2, 0.25) is 0 Å². The molecule has 6 heteroatoms. The van der Waals surface area contributed by atoms with Crippen molar-refractivity contribution in [1.82, 2.24) is 10.6 Å². The van der Waals surface area contributed by atoms with Crippen LogP contribution in [0.5, 0.6) is 5.75 Å². The summed E-state index contributed by atoms with van der Waals surface area (Å²) in [6.07, 6.45) is 0. The number of methoxy groups -OCH3 is 1. The van der Waals surface area contributed by atoms with Gasteiger partial charge in [-0.2, -0.15) is 0 Å². The maximum absolute atomic E-state index is 11.8. The molecule has 0 aromatic heterocycles. The minimum atomic E-state index is -0.246. The molecule has 1 saturated heterocycles. The minimum absolute atomic E-state index is 0. The van der Waals surface area contributed by atoms with Gasteiger partial charge in [0.1, 0.15) is 11.8 Å². The van der Waals surface area contributed by atoms with Crippen LogP contribution in [-0.4, -0.2) is 38.8 Å². The molecule has 106 valence electrons. The normalized spacial score (nSPS) is 18.3. The minimum Gasteiger partial charge on any atom is -0.497 e. The molecule has 1 aliphatic rings. The molecule has 1 atom stereocenters. The summed E-state index contributed by atoms with van der Waals surface area (Å²) in [6.45, 7) is 2.31. The second-order valence-corrected chi connectivity index (χ2v) is 4.15. The average molecular weight is 287 g/mol. The largest absolute Gasteiger partial charge is 0.497 e. The molecular weight excluding hydrogens is 268 g/mol. The van der Waals surface area contributed by atoms with Gasteiger partial charge in [-0.15, -0.1) is 12.4 Å². The van der Waals surface area contributed by atoms with E-state index >= 15 is 0 Å². The molecule has 5 nitrogen and oxygen atoms in total. The lowest BCUT2D eigenvalue weighted by Crippen LogP contribution is -2.51. The predicted molar refractivity (Wildman–Crippen MR) is 74.7 cm³/mol. The highest BCUT2D eigenvalue weighted by atomic mass is 35.5. The Morgan fingerprint density at radius 3 is 3.11 bits per heavy atom. The van der Waals surface area contributed by atoms with E-state index in [4.69, 9.17) is 9.47 Å². The van der Waals surface area contributed by atoms with Gasteiger partial charge in [0.15, 0.2) is 0 Å². The van der Waals surface area contributed by atoms with Crippen LogP contribution >= 0.6 is 12.4 Å². The van der Waals surface area contributed by atoms with Crippen molar-refractivity contribution in [3.63, 3.8) is 0 Å². The first-order valence-corrected chi connectivity index (χ1v) is 6.01. The Hall–Kier alpha value is -1.30. The Kier molecular flexibility index (Phi) is 6.62. The number of hydrogen-bond donors (Lipinski definition) is 2. The zero-order valence-corrected chi connectivity index (χ0v) is 11.7. The van der Waals surface area contributed by atoms with E-state index in [1.807, 2.05) is 24.3 Å². The van der Waals surface area contributed by atoms with Crippen LogP contribution in [-0.2, 0) is 16.1 Å². The third-order valence-electron chi connectivity index (χ3n) is 2.84. The van der Waals surface area contributed by atoms with Gasteiger partial charge in [0, 0.05) is 13.1 Å². The van der Waals surface area contributed by atoms with Gasteiger partial charge in [0.2, 0.25) is 5.91 Å². The van der Waals surface area contributed by atoms with Gasteiger partial charge in [-0.05, 0) is 17.7 Å². The third-order valence-corrected chi connectivity index (χ3v) is 2.84. The maximum Gasteiger partial charge on any atom is 0.239 e. The number of amides is 1. The molecule has 0 aliphatic carbocycles. The van der Waals surface area contributed by atoms with Crippen LogP contribution in [0, 0.1) is 0 Å². The van der Waals surface area contributed by atoms with E-state index in [2.05, 4.69) is 10.6 Å². The zero-order valence-electron chi connectivity index (χ0n) is 10.8. The van der Waals surface area contributed by atoms with Crippen molar-refractivity contribution in [3.05, 3.63) is 29.8 Å². The Bertz CT molecular complexity index is 409. The van der Waals surface area contributed by atoms with Gasteiger partial charge in [-0.25, -0.2) is 0 Å². The summed E-state index contributed by atoms with van der Waals surface area (Å²) in [4.78, 5) is 11.8. The fourth-order valence-electron chi connectivity index (χ4n) is 1.83. The predicted octanol–water partition coefficient (Wildman–Crippen LogP) is 0.722. The van der Waals surface area contributed by atoms with Gasteiger partial charge in [0.05, 0.1) is 20.3 Å². The van der Waals surface area contributed by atoms with Crippen LogP contribution in [0.1, 0.15) is 5.56 Å². The van der Waals surface area contributed by atoms with Crippen molar-refractivity contribution in [3.8, 4) is 5.75 Å². The first-order chi connectivity index (χ1) is 8.79. The molecule has 1 amide bonds. The molecule has 1 heterocycles. The lowest BCUT2D eigenvalue weighted by Gasteiger charge is -2.22. The first kappa shape index (κ1) is 15.8. The molecule has 0 radical (unpaired) electrons. The Balaban J connectivity index is 0.00000180. The Labute approximate surface area is 119 Å². The second kappa shape index (κ2) is 7.99. The Morgan fingerprint density at radius 1 is 1.58 bits per heavy atom. The molecule has 19 heavy (non-hydrogen) atoms. The SMILES string of the molecule is COc1cccc(CNC(=O)C2COCCN2)c1.Cl. The smallest absolute Gasteiger partial charge is 0.239 e. The number of halogens is 1. The number of benzene rings is 1. The van der Waals surface area contributed by atoms with Crippen molar-refractivity contribution in [2.24, 2.45) is 0 Å². The van der Waals surface area contributed by atoms with E-state index in [-0.39, 0.29) is 24.4 Å². The van der Waals surface area contributed by atoms with Crippen LogP contribution in [0.25, 0.3) is 0 Å². The van der Waals surface area contributed by atoms with Gasteiger partial charge < -0.3 is 20.1 Å². The van der Waals surface area contributed by atoms with E-state index in [9.17, 15) is 4.79 Å². The molecule has 1 aromatic carbocycles. The van der Waals surface area contributed by atoms with Gasteiger partial charge in [-0.3, -0.25) is 4.79 Å². The van der Waals surface area contributed by atoms with E-state index in [1.165, 1.54) is 0 Å². The highest BCUT2D eigenvalue weighted by Crippen LogP contribution is 2.12. The van der Waals surface area contributed by atoms with E-state index in [1.54, 1.807) is 7.11 Å². The summed E-state index contributed by atoms with van der Waals surface area (Å²) in [5.74, 6) is 0.762. The average Bonchev–Trinajstić information content (AvgIpc) is 2.46. The lowest BCUT2D eigenvalue weighted by molar-refractivity contribution is -0.126. The summed E-state index contributed by atoms with van der Waals surface area (Å²) in [6, 6.07) is 7.40. The molecule has 1 unspecified atom stereocenters. The highest BCUT2D eigenvalue weighted by molar-refractivity contribution is 5.85. The number of rotatable bonds is 4. The molecule has 1 aliphatic heterocycles. The van der Waals surface area contributed by atoms with Crippen LogP contribution in [0.15, 0.2) is 24.3 Å². The van der Waals surface area contributed by atoms with Crippen LogP contribution in [0.4, 0.5) is 0 Å². The molecular formula is C13H19ClN2O3. The van der Waals surface area contributed by atoms with Crippen molar-refractivity contribution in [2.45, 2.75) is 12.6 Å². The molecule has 2 N–H and O–H groups in total. The number of carbonyl (C=O) groups is 1. The number of ether oxygens (including phenoxy) is 2. The third kappa shape index (κ3) is 4.70. The number of morpholine rings is 1. The standard InChI is InChI=1S/C13H18N2O3.ClH/c1-17-11-4-2-3-10(7-11)8-15-13(16)12-9-18-6-5-14-12;/h2-4,7,12,14H,5-6,8-9H2,1H3,(H,15,16);1H. The van der Waals surface area contributed by atoms with E-state index < -0.39 is 0 Å². The Morgan fingerprint density at radius 2 is 2.42 bits per heavy atom. The summed E-state index contributed by atoms with van der Waals surface area (Å²) < 4.78 is 10.4. The van der Waals surface area contributed by atoms with Crippen LogP contribution < -0.4 is 15.4 Å². The van der Waals surface area contributed by atoms with Crippen molar-refractivity contribution >= 4 is 18.3 Å².